The first kappa shape index (κ1) is 15.2. The second-order valence-corrected chi connectivity index (χ2v) is 4.45. The first-order valence-electron chi connectivity index (χ1n) is 6.27. The fourth-order valence-corrected chi connectivity index (χ4v) is 2.10. The molecule has 1 atom stereocenters. The van der Waals surface area contributed by atoms with E-state index in [2.05, 4.69) is 6.58 Å². The highest BCUT2D eigenvalue weighted by atomic mass is 16.4. The van der Waals surface area contributed by atoms with E-state index in [0.717, 1.165) is 0 Å². The van der Waals surface area contributed by atoms with Gasteiger partial charge in [0.15, 0.2) is 5.78 Å². The van der Waals surface area contributed by atoms with Crippen molar-refractivity contribution >= 4 is 11.8 Å². The Kier molecular flexibility index (Phi) is 4.17. The number of rotatable bonds is 5. The maximum absolute atomic E-state index is 12.5. The second-order valence-electron chi connectivity index (χ2n) is 4.45. The van der Waals surface area contributed by atoms with Crippen molar-refractivity contribution in [1.82, 2.24) is 9.97 Å². The highest BCUT2D eigenvalue weighted by Gasteiger charge is 2.28. The van der Waals surface area contributed by atoms with Crippen molar-refractivity contribution in [2.24, 2.45) is 0 Å². The molecule has 0 aliphatic heterocycles. The van der Waals surface area contributed by atoms with Crippen LogP contribution in [0.3, 0.4) is 0 Å². The third-order valence-corrected chi connectivity index (χ3v) is 3.08. The molecule has 0 radical (unpaired) electrons. The Morgan fingerprint density at radius 3 is 2.32 bits per heavy atom. The third-order valence-electron chi connectivity index (χ3n) is 3.08. The van der Waals surface area contributed by atoms with Gasteiger partial charge in [-0.1, -0.05) is 36.4 Å². The van der Waals surface area contributed by atoms with Gasteiger partial charge in [-0.3, -0.25) is 14.6 Å². The molecule has 2 aromatic rings. The molecule has 0 aliphatic carbocycles. The summed E-state index contributed by atoms with van der Waals surface area (Å²) in [7, 11) is 0. The smallest absolute Gasteiger partial charge is 0.352 e. The number of ketones is 1. The summed E-state index contributed by atoms with van der Waals surface area (Å²) < 4.78 is 0. The molecular formula is C15H12N2O5. The summed E-state index contributed by atoms with van der Waals surface area (Å²) in [5.41, 5.74) is -2.57. The molecule has 0 fully saturated rings. The SMILES string of the molecule is C=CC(C(=O)c1ccccc1)c1c(C(=O)O)[nH]c(=O)[nH]c1=O. The number of benzene rings is 1. The van der Waals surface area contributed by atoms with Gasteiger partial charge in [-0.05, 0) is 0 Å². The first-order chi connectivity index (χ1) is 10.5. The minimum absolute atomic E-state index is 0.300. The van der Waals surface area contributed by atoms with Crippen LogP contribution in [-0.2, 0) is 0 Å². The van der Waals surface area contributed by atoms with Gasteiger partial charge in [-0.25, -0.2) is 9.59 Å². The average Bonchev–Trinajstić information content (AvgIpc) is 2.50. The average molecular weight is 300 g/mol. The zero-order valence-corrected chi connectivity index (χ0v) is 11.3. The van der Waals surface area contributed by atoms with Crippen LogP contribution >= 0.6 is 0 Å². The number of hydrogen-bond acceptors (Lipinski definition) is 4. The van der Waals surface area contributed by atoms with Crippen molar-refractivity contribution in [3.8, 4) is 0 Å². The number of aromatic nitrogens is 2. The Morgan fingerprint density at radius 1 is 1.14 bits per heavy atom. The highest BCUT2D eigenvalue weighted by molar-refractivity contribution is 6.03. The predicted molar refractivity (Wildman–Crippen MR) is 78.4 cm³/mol. The Morgan fingerprint density at radius 2 is 1.77 bits per heavy atom. The van der Waals surface area contributed by atoms with E-state index in [-0.39, 0.29) is 5.56 Å². The molecule has 2 rings (SSSR count). The molecule has 3 N–H and O–H groups in total. The van der Waals surface area contributed by atoms with Crippen molar-refractivity contribution in [3.63, 3.8) is 0 Å². The van der Waals surface area contributed by atoms with E-state index >= 15 is 0 Å². The van der Waals surface area contributed by atoms with Gasteiger partial charge < -0.3 is 10.1 Å². The van der Waals surface area contributed by atoms with Crippen LogP contribution in [0.1, 0.15) is 32.3 Å². The summed E-state index contributed by atoms with van der Waals surface area (Å²) in [5, 5.41) is 9.14. The van der Waals surface area contributed by atoms with Gasteiger partial charge in [0.1, 0.15) is 5.69 Å². The van der Waals surface area contributed by atoms with Gasteiger partial charge in [-0.2, -0.15) is 0 Å². The largest absolute Gasteiger partial charge is 0.477 e. The molecule has 0 amide bonds. The minimum Gasteiger partial charge on any atom is -0.477 e. The third kappa shape index (κ3) is 2.78. The maximum Gasteiger partial charge on any atom is 0.352 e. The maximum atomic E-state index is 12.5. The lowest BCUT2D eigenvalue weighted by Gasteiger charge is -2.13. The molecule has 1 heterocycles. The summed E-state index contributed by atoms with van der Waals surface area (Å²) in [5.74, 6) is -3.18. The van der Waals surface area contributed by atoms with Crippen LogP contribution < -0.4 is 11.2 Å². The minimum atomic E-state index is -1.51. The van der Waals surface area contributed by atoms with Gasteiger partial charge in [0.05, 0.1) is 11.5 Å². The Labute approximate surface area is 124 Å². The molecule has 0 bridgehead atoms. The summed E-state index contributed by atoms with van der Waals surface area (Å²) in [6.07, 6.45) is 1.17. The molecule has 1 unspecified atom stereocenters. The number of aromatic carboxylic acids is 1. The molecule has 22 heavy (non-hydrogen) atoms. The quantitative estimate of drug-likeness (QED) is 0.560. The number of Topliss-reactive ketones (excluding diaryl/α,β-unsaturated/α-hetero) is 1. The second kappa shape index (κ2) is 6.04. The number of nitrogens with one attached hydrogen (secondary N) is 2. The van der Waals surface area contributed by atoms with Gasteiger partial charge in [0.25, 0.3) is 5.56 Å². The van der Waals surface area contributed by atoms with Crippen molar-refractivity contribution < 1.29 is 14.7 Å². The lowest BCUT2D eigenvalue weighted by Crippen LogP contribution is -2.33. The first-order valence-corrected chi connectivity index (χ1v) is 6.27. The lowest BCUT2D eigenvalue weighted by molar-refractivity contribution is 0.0688. The van der Waals surface area contributed by atoms with E-state index in [9.17, 15) is 19.2 Å². The topological polar surface area (TPSA) is 120 Å². The molecule has 0 saturated carbocycles. The van der Waals surface area contributed by atoms with Gasteiger partial charge in [0, 0.05) is 5.56 Å². The molecule has 112 valence electrons. The van der Waals surface area contributed by atoms with E-state index in [1.165, 1.54) is 6.08 Å². The molecular weight excluding hydrogens is 288 g/mol. The molecule has 1 aromatic heterocycles. The van der Waals surface area contributed by atoms with E-state index in [1.54, 1.807) is 30.3 Å². The number of aromatic amines is 2. The molecule has 0 aliphatic rings. The van der Waals surface area contributed by atoms with Crippen LogP contribution in [0.25, 0.3) is 0 Å². The Bertz CT molecular complexity index is 848. The van der Waals surface area contributed by atoms with Crippen molar-refractivity contribution in [1.29, 1.82) is 0 Å². The van der Waals surface area contributed by atoms with Gasteiger partial charge >= 0.3 is 11.7 Å². The fraction of sp³-hybridized carbons (Fsp3) is 0.0667. The van der Waals surface area contributed by atoms with E-state index in [1.807, 2.05) is 9.97 Å². The monoisotopic (exact) mass is 300 g/mol. The number of carbonyl (C=O) groups is 2. The molecule has 7 nitrogen and oxygen atoms in total. The van der Waals surface area contributed by atoms with Crippen LogP contribution in [0, 0.1) is 0 Å². The van der Waals surface area contributed by atoms with Crippen LogP contribution in [0.2, 0.25) is 0 Å². The normalized spacial score (nSPS) is 11.6. The highest BCUT2D eigenvalue weighted by Crippen LogP contribution is 2.21. The molecule has 1 aromatic carbocycles. The van der Waals surface area contributed by atoms with E-state index < -0.39 is 34.6 Å². The summed E-state index contributed by atoms with van der Waals surface area (Å²) in [4.78, 5) is 50.9. The zero-order chi connectivity index (χ0) is 16.3. The van der Waals surface area contributed by atoms with Crippen LogP contribution in [0.15, 0.2) is 52.6 Å². The fourth-order valence-electron chi connectivity index (χ4n) is 2.10. The van der Waals surface area contributed by atoms with Gasteiger partial charge in [0.2, 0.25) is 0 Å². The molecule has 0 spiro atoms. The summed E-state index contributed by atoms with van der Waals surface area (Å²) in [6.45, 7) is 3.49. The predicted octanol–water partition coefficient (Wildman–Crippen LogP) is 0.914. The van der Waals surface area contributed by atoms with Crippen molar-refractivity contribution in [2.75, 3.05) is 0 Å². The van der Waals surface area contributed by atoms with Crippen LogP contribution in [0.4, 0.5) is 0 Å². The standard InChI is InChI=1S/C15H12N2O5/c1-2-9(12(18)8-6-4-3-5-7-8)10-11(14(20)21)16-15(22)17-13(10)19/h2-7,9H,1H2,(H,20,21)(H2,16,17,19,22). The van der Waals surface area contributed by atoms with Crippen LogP contribution in [0.5, 0.6) is 0 Å². The Balaban J connectivity index is 2.65. The number of carbonyl (C=O) groups excluding carboxylic acids is 1. The van der Waals surface area contributed by atoms with E-state index in [4.69, 9.17) is 5.11 Å². The number of hydrogen-bond donors (Lipinski definition) is 3. The lowest BCUT2D eigenvalue weighted by atomic mass is 9.90. The summed E-state index contributed by atoms with van der Waals surface area (Å²) in [6, 6.07) is 8.08. The zero-order valence-electron chi connectivity index (χ0n) is 11.3. The van der Waals surface area contributed by atoms with Crippen LogP contribution in [-0.4, -0.2) is 26.8 Å². The van der Waals surface area contributed by atoms with Crippen molar-refractivity contribution in [3.05, 3.63) is 80.6 Å². The molecule has 7 heteroatoms. The number of allylic oxidation sites excluding steroid dienone is 1. The molecule has 0 saturated heterocycles. The summed E-state index contributed by atoms with van der Waals surface area (Å²) >= 11 is 0. The van der Waals surface area contributed by atoms with Gasteiger partial charge in [-0.15, -0.1) is 6.58 Å². The number of carboxylic acid groups (broad SMARTS) is 1. The van der Waals surface area contributed by atoms with E-state index in [0.29, 0.717) is 5.56 Å². The van der Waals surface area contributed by atoms with Crippen molar-refractivity contribution in [2.45, 2.75) is 5.92 Å². The number of H-pyrrole nitrogens is 2. The number of carboxylic acids is 1. The Hall–Kier alpha value is -3.22.